The van der Waals surface area contributed by atoms with Crippen LogP contribution in [0.5, 0.6) is 11.5 Å². The molecule has 0 heterocycles. The minimum Gasteiger partial charge on any atom is -0.507 e. The van der Waals surface area contributed by atoms with Gasteiger partial charge in [0.15, 0.2) is 5.78 Å². The first-order valence-electron chi connectivity index (χ1n) is 8.67. The molecule has 0 saturated heterocycles. The molecule has 0 unspecified atom stereocenters. The van der Waals surface area contributed by atoms with Gasteiger partial charge in [-0.2, -0.15) is 0 Å². The monoisotopic (exact) mass is 396 g/mol. The van der Waals surface area contributed by atoms with Gasteiger partial charge in [-0.05, 0) is 43.5 Å². The fraction of sp³-hybridized carbons (Fsp3) is 0.150. The number of nitro benzene ring substituents is 2. The third-order valence-electron chi connectivity index (χ3n) is 4.58. The Bertz CT molecular complexity index is 1000. The fourth-order valence-corrected chi connectivity index (χ4v) is 3.10. The standard InChI is InChI=1S/C20H16N2O7/c23-18-6-4-16(21(26)27)10-14(18)8-12-2-1-3-13(20(12)25)9-15-11-17(22(28)29)5-7-19(15)24/h4-11,23-24H,1-3H2/b12-8+,13-9+. The first-order valence-corrected chi connectivity index (χ1v) is 8.67. The predicted molar refractivity (Wildman–Crippen MR) is 104 cm³/mol. The number of nitrogens with zero attached hydrogens (tertiary/aromatic N) is 2. The van der Waals surface area contributed by atoms with E-state index in [9.17, 15) is 35.2 Å². The lowest BCUT2D eigenvalue weighted by atomic mass is 9.86. The molecule has 9 nitrogen and oxygen atoms in total. The number of Topliss-reactive ketones (excluding diaryl/α,β-unsaturated/α-hetero) is 1. The van der Waals surface area contributed by atoms with E-state index < -0.39 is 9.85 Å². The van der Waals surface area contributed by atoms with Crippen LogP contribution in [0.4, 0.5) is 11.4 Å². The molecule has 9 heteroatoms. The van der Waals surface area contributed by atoms with Crippen molar-refractivity contribution in [2.45, 2.75) is 19.3 Å². The Morgan fingerprint density at radius 2 is 1.21 bits per heavy atom. The van der Waals surface area contributed by atoms with Crippen LogP contribution in [0.15, 0.2) is 47.5 Å². The number of carbonyl (C=O) groups is 1. The lowest BCUT2D eigenvalue weighted by Gasteiger charge is -2.17. The van der Waals surface area contributed by atoms with Crippen molar-refractivity contribution in [3.05, 3.63) is 78.9 Å². The van der Waals surface area contributed by atoms with Crippen LogP contribution >= 0.6 is 0 Å². The molecule has 2 N–H and O–H groups in total. The number of carbonyl (C=O) groups excluding carboxylic acids is 1. The quantitative estimate of drug-likeness (QED) is 0.449. The maximum atomic E-state index is 12.8. The SMILES string of the molecule is O=C1/C(=C/c2cc([N+](=O)[O-])ccc2O)CCC/C1=C\c1cc([N+](=O)[O-])ccc1O. The van der Waals surface area contributed by atoms with Crippen molar-refractivity contribution in [1.82, 2.24) is 0 Å². The number of nitro groups is 2. The molecule has 0 aromatic heterocycles. The molecule has 0 amide bonds. The van der Waals surface area contributed by atoms with Gasteiger partial charge in [0, 0.05) is 46.5 Å². The summed E-state index contributed by atoms with van der Waals surface area (Å²) in [6, 6.07) is 7.07. The van der Waals surface area contributed by atoms with Crippen molar-refractivity contribution in [3.63, 3.8) is 0 Å². The Labute approximate surface area is 164 Å². The third-order valence-corrected chi connectivity index (χ3v) is 4.58. The smallest absolute Gasteiger partial charge is 0.270 e. The van der Waals surface area contributed by atoms with Crippen molar-refractivity contribution >= 4 is 29.3 Å². The van der Waals surface area contributed by atoms with E-state index in [4.69, 9.17) is 0 Å². The number of phenols is 2. The Balaban J connectivity index is 1.98. The Morgan fingerprint density at radius 3 is 1.59 bits per heavy atom. The van der Waals surface area contributed by atoms with Crippen LogP contribution in [0.25, 0.3) is 12.2 Å². The van der Waals surface area contributed by atoms with Gasteiger partial charge in [-0.1, -0.05) is 0 Å². The number of hydrogen-bond acceptors (Lipinski definition) is 7. The highest BCUT2D eigenvalue weighted by molar-refractivity contribution is 6.14. The van der Waals surface area contributed by atoms with Gasteiger partial charge in [-0.25, -0.2) is 0 Å². The van der Waals surface area contributed by atoms with E-state index in [1.165, 1.54) is 36.4 Å². The summed E-state index contributed by atoms with van der Waals surface area (Å²) in [4.78, 5) is 33.5. The Hall–Kier alpha value is -4.01. The van der Waals surface area contributed by atoms with Crippen LogP contribution < -0.4 is 0 Å². The second-order valence-electron chi connectivity index (χ2n) is 6.52. The third kappa shape index (κ3) is 4.29. The second kappa shape index (κ2) is 7.93. The zero-order chi connectivity index (χ0) is 21.1. The number of benzene rings is 2. The number of phenolic OH excluding ortho intramolecular Hbond substituents is 2. The summed E-state index contributed by atoms with van der Waals surface area (Å²) < 4.78 is 0. The van der Waals surface area contributed by atoms with E-state index in [1.807, 2.05) is 0 Å². The van der Waals surface area contributed by atoms with Crippen molar-refractivity contribution in [2.24, 2.45) is 0 Å². The molecular weight excluding hydrogens is 380 g/mol. The minimum absolute atomic E-state index is 0.155. The average Bonchev–Trinajstić information content (AvgIpc) is 2.67. The lowest BCUT2D eigenvalue weighted by molar-refractivity contribution is -0.385. The summed E-state index contributed by atoms with van der Waals surface area (Å²) in [6.45, 7) is 0. The highest BCUT2D eigenvalue weighted by Gasteiger charge is 2.22. The Kier molecular flexibility index (Phi) is 5.40. The topological polar surface area (TPSA) is 144 Å². The molecule has 0 atom stereocenters. The molecule has 1 fully saturated rings. The van der Waals surface area contributed by atoms with Gasteiger partial charge < -0.3 is 10.2 Å². The summed E-state index contributed by atoms with van der Waals surface area (Å²) in [5.41, 5.74) is 0.584. The van der Waals surface area contributed by atoms with Gasteiger partial charge in [0.25, 0.3) is 11.4 Å². The molecule has 1 saturated carbocycles. The highest BCUT2D eigenvalue weighted by atomic mass is 16.6. The average molecular weight is 396 g/mol. The van der Waals surface area contributed by atoms with Gasteiger partial charge in [-0.3, -0.25) is 25.0 Å². The van der Waals surface area contributed by atoms with Crippen LogP contribution in [0.1, 0.15) is 30.4 Å². The molecule has 148 valence electrons. The second-order valence-corrected chi connectivity index (χ2v) is 6.52. The van der Waals surface area contributed by atoms with Crippen LogP contribution in [-0.2, 0) is 4.79 Å². The molecule has 0 aliphatic heterocycles. The zero-order valence-electron chi connectivity index (χ0n) is 15.1. The van der Waals surface area contributed by atoms with Crippen LogP contribution in [0.2, 0.25) is 0 Å². The van der Waals surface area contributed by atoms with Gasteiger partial charge >= 0.3 is 0 Å². The van der Waals surface area contributed by atoms with Gasteiger partial charge in [0.2, 0.25) is 0 Å². The van der Waals surface area contributed by atoms with Crippen LogP contribution in [0, 0.1) is 20.2 Å². The van der Waals surface area contributed by atoms with E-state index >= 15 is 0 Å². The van der Waals surface area contributed by atoms with Crippen LogP contribution in [-0.4, -0.2) is 25.8 Å². The van der Waals surface area contributed by atoms with E-state index in [0.717, 1.165) is 12.1 Å². The van der Waals surface area contributed by atoms with Crippen molar-refractivity contribution in [2.75, 3.05) is 0 Å². The van der Waals surface area contributed by atoms with E-state index in [-0.39, 0.29) is 39.8 Å². The van der Waals surface area contributed by atoms with E-state index in [0.29, 0.717) is 30.4 Å². The normalized spacial score (nSPS) is 16.9. The molecule has 0 bridgehead atoms. The van der Waals surface area contributed by atoms with Crippen molar-refractivity contribution in [3.8, 4) is 11.5 Å². The van der Waals surface area contributed by atoms with Crippen molar-refractivity contribution in [1.29, 1.82) is 0 Å². The maximum Gasteiger partial charge on any atom is 0.270 e. The maximum absolute atomic E-state index is 12.8. The van der Waals surface area contributed by atoms with Crippen molar-refractivity contribution < 1.29 is 24.9 Å². The van der Waals surface area contributed by atoms with E-state index in [2.05, 4.69) is 0 Å². The van der Waals surface area contributed by atoms with E-state index in [1.54, 1.807) is 0 Å². The molecule has 29 heavy (non-hydrogen) atoms. The predicted octanol–water partition coefficient (Wildman–Crippen LogP) is 4.13. The summed E-state index contributed by atoms with van der Waals surface area (Å²) in [6.07, 6.45) is 4.25. The molecule has 0 radical (unpaired) electrons. The van der Waals surface area contributed by atoms with Gasteiger partial charge in [0.1, 0.15) is 11.5 Å². The molecule has 1 aliphatic rings. The zero-order valence-corrected chi connectivity index (χ0v) is 15.1. The summed E-state index contributed by atoms with van der Waals surface area (Å²) in [5.74, 6) is -0.722. The summed E-state index contributed by atoms with van der Waals surface area (Å²) >= 11 is 0. The first-order chi connectivity index (χ1) is 13.8. The lowest BCUT2D eigenvalue weighted by Crippen LogP contribution is -2.12. The van der Waals surface area contributed by atoms with Gasteiger partial charge in [0.05, 0.1) is 9.85 Å². The number of aromatic hydroxyl groups is 2. The Morgan fingerprint density at radius 1 is 0.793 bits per heavy atom. The molecule has 2 aromatic rings. The molecule has 0 spiro atoms. The molecular formula is C20H16N2O7. The number of ketones is 1. The molecule has 2 aromatic carbocycles. The van der Waals surface area contributed by atoms with Gasteiger partial charge in [-0.15, -0.1) is 0 Å². The number of non-ortho nitro benzene ring substituents is 2. The number of allylic oxidation sites excluding steroid dienone is 2. The number of hydrogen-bond donors (Lipinski definition) is 2. The fourth-order valence-electron chi connectivity index (χ4n) is 3.10. The first kappa shape index (κ1) is 19.7. The molecule has 3 rings (SSSR count). The van der Waals surface area contributed by atoms with Crippen LogP contribution in [0.3, 0.4) is 0 Å². The highest BCUT2D eigenvalue weighted by Crippen LogP contribution is 2.33. The molecule has 1 aliphatic carbocycles. The number of rotatable bonds is 4. The minimum atomic E-state index is -0.597. The largest absolute Gasteiger partial charge is 0.507 e. The summed E-state index contributed by atoms with van der Waals surface area (Å²) in [5, 5.41) is 41.8. The summed E-state index contributed by atoms with van der Waals surface area (Å²) in [7, 11) is 0.